The standard InChI is InChI=1S/C52H53N/c1-5-33-51(34-6-2)46-26-18-17-25-44(46)49-50(51)45-31-28-38(37-47(45)52(49,35-7-3)36-8-4)27-29-39-30-32-48(43-24-16-15-23-42(39)43)53(40-19-11-9-12-20-40)41-21-13-10-14-22-41/h9-32,37H,5-8,33-36H2,1-4H3/b29-27+. The van der Waals surface area contributed by atoms with Crippen LogP contribution in [0.25, 0.3) is 34.1 Å². The normalized spacial score (nSPS) is 15.2. The number of para-hydroxylation sites is 2. The lowest BCUT2D eigenvalue weighted by Gasteiger charge is -2.36. The summed E-state index contributed by atoms with van der Waals surface area (Å²) >= 11 is 0. The maximum Gasteiger partial charge on any atom is 0.0540 e. The van der Waals surface area contributed by atoms with Crippen molar-refractivity contribution >= 4 is 51.1 Å². The lowest BCUT2D eigenvalue weighted by molar-refractivity contribution is 0.460. The van der Waals surface area contributed by atoms with E-state index in [1.165, 1.54) is 90.1 Å². The third-order valence-electron chi connectivity index (χ3n) is 12.1. The Balaban J connectivity index is 1.24. The van der Waals surface area contributed by atoms with Crippen LogP contribution in [-0.4, -0.2) is 0 Å². The van der Waals surface area contributed by atoms with Gasteiger partial charge >= 0.3 is 0 Å². The van der Waals surface area contributed by atoms with Crippen LogP contribution in [0.4, 0.5) is 17.1 Å². The maximum atomic E-state index is 2.57. The molecule has 2 aliphatic rings. The average molecular weight is 692 g/mol. The van der Waals surface area contributed by atoms with Gasteiger partial charge in [0.1, 0.15) is 0 Å². The molecule has 0 atom stereocenters. The monoisotopic (exact) mass is 691 g/mol. The molecule has 2 aliphatic carbocycles. The molecule has 0 aliphatic heterocycles. The van der Waals surface area contributed by atoms with Gasteiger partial charge in [0.25, 0.3) is 0 Å². The van der Waals surface area contributed by atoms with E-state index in [0.717, 1.165) is 11.4 Å². The summed E-state index contributed by atoms with van der Waals surface area (Å²) in [6.07, 6.45) is 14.2. The Bertz CT molecular complexity index is 2240. The first-order chi connectivity index (χ1) is 26.1. The van der Waals surface area contributed by atoms with Crippen molar-refractivity contribution in [3.8, 4) is 0 Å². The van der Waals surface area contributed by atoms with Crippen molar-refractivity contribution in [1.29, 1.82) is 0 Å². The molecule has 0 amide bonds. The van der Waals surface area contributed by atoms with E-state index in [1.54, 1.807) is 22.3 Å². The minimum Gasteiger partial charge on any atom is -0.310 e. The van der Waals surface area contributed by atoms with E-state index < -0.39 is 0 Å². The van der Waals surface area contributed by atoms with Gasteiger partial charge in [0.2, 0.25) is 0 Å². The fourth-order valence-electron chi connectivity index (χ4n) is 10.3. The van der Waals surface area contributed by atoms with Crippen molar-refractivity contribution in [2.45, 2.75) is 89.9 Å². The van der Waals surface area contributed by atoms with Gasteiger partial charge in [-0.2, -0.15) is 0 Å². The topological polar surface area (TPSA) is 3.24 Å². The highest BCUT2D eigenvalue weighted by molar-refractivity contribution is 6.10. The van der Waals surface area contributed by atoms with E-state index in [1.807, 2.05) is 0 Å². The molecule has 1 heteroatoms. The molecule has 0 fully saturated rings. The zero-order valence-electron chi connectivity index (χ0n) is 32.0. The quantitative estimate of drug-likeness (QED) is 0.109. The van der Waals surface area contributed by atoms with E-state index in [9.17, 15) is 0 Å². The Hall–Kier alpha value is -5.14. The largest absolute Gasteiger partial charge is 0.310 e. The van der Waals surface area contributed by atoms with E-state index in [-0.39, 0.29) is 10.8 Å². The fourth-order valence-corrected chi connectivity index (χ4v) is 10.3. The van der Waals surface area contributed by atoms with Gasteiger partial charge in [-0.15, -0.1) is 0 Å². The van der Waals surface area contributed by atoms with Gasteiger partial charge in [0.05, 0.1) is 5.69 Å². The lowest BCUT2D eigenvalue weighted by Crippen LogP contribution is -2.27. The number of benzene rings is 6. The third kappa shape index (κ3) is 5.77. The number of rotatable bonds is 13. The van der Waals surface area contributed by atoms with E-state index in [2.05, 4.69) is 184 Å². The number of anilines is 3. The molecule has 53 heavy (non-hydrogen) atoms. The van der Waals surface area contributed by atoms with Crippen LogP contribution in [0.2, 0.25) is 0 Å². The highest BCUT2D eigenvalue weighted by atomic mass is 15.1. The Morgan fingerprint density at radius 2 is 0.962 bits per heavy atom. The highest BCUT2D eigenvalue weighted by Gasteiger charge is 2.55. The first-order valence-electron chi connectivity index (χ1n) is 20.2. The average Bonchev–Trinajstić information content (AvgIpc) is 3.64. The van der Waals surface area contributed by atoms with Crippen LogP contribution in [0.1, 0.15) is 112 Å². The molecule has 0 spiro atoms. The SMILES string of the molecule is CCCC1(CCC)C2=C(c3ccccc31)C(CCC)(CCC)c1cc(/C=C/c3ccc(N(c4ccccc4)c4ccccc4)c4ccccc34)ccc12. The summed E-state index contributed by atoms with van der Waals surface area (Å²) in [4.78, 5) is 2.37. The van der Waals surface area contributed by atoms with Gasteiger partial charge in [0, 0.05) is 27.6 Å². The molecular formula is C52H53N. The molecule has 6 aromatic rings. The molecule has 0 heterocycles. The first kappa shape index (κ1) is 34.9. The number of fused-ring (bicyclic) bond motifs is 5. The smallest absolute Gasteiger partial charge is 0.0540 e. The molecular weight excluding hydrogens is 639 g/mol. The van der Waals surface area contributed by atoms with Gasteiger partial charge in [-0.3, -0.25) is 0 Å². The van der Waals surface area contributed by atoms with Crippen molar-refractivity contribution in [2.24, 2.45) is 0 Å². The minimum absolute atomic E-state index is 0.0457. The van der Waals surface area contributed by atoms with Gasteiger partial charge in [-0.25, -0.2) is 0 Å². The summed E-state index contributed by atoms with van der Waals surface area (Å²) in [6, 6.07) is 51.8. The zero-order chi connectivity index (χ0) is 36.4. The predicted octanol–water partition coefficient (Wildman–Crippen LogP) is 15.1. The van der Waals surface area contributed by atoms with Crippen molar-refractivity contribution in [3.63, 3.8) is 0 Å². The van der Waals surface area contributed by atoms with Crippen LogP contribution in [0, 0.1) is 0 Å². The Labute approximate surface area is 317 Å². The molecule has 0 radical (unpaired) electrons. The minimum atomic E-state index is 0.0457. The summed E-state index contributed by atoms with van der Waals surface area (Å²) in [5, 5.41) is 2.50. The van der Waals surface area contributed by atoms with E-state index >= 15 is 0 Å². The molecule has 6 aromatic carbocycles. The summed E-state index contributed by atoms with van der Waals surface area (Å²) in [6.45, 7) is 9.53. The molecule has 0 bridgehead atoms. The summed E-state index contributed by atoms with van der Waals surface area (Å²) in [7, 11) is 0. The fraction of sp³-hybridized carbons (Fsp3) is 0.269. The zero-order valence-corrected chi connectivity index (χ0v) is 32.0. The van der Waals surface area contributed by atoms with Crippen molar-refractivity contribution in [1.82, 2.24) is 0 Å². The van der Waals surface area contributed by atoms with Crippen molar-refractivity contribution in [3.05, 3.63) is 173 Å². The van der Waals surface area contributed by atoms with Gasteiger partial charge in [-0.05, 0) is 106 Å². The van der Waals surface area contributed by atoms with Gasteiger partial charge < -0.3 is 4.90 Å². The number of hydrogen-bond acceptors (Lipinski definition) is 1. The van der Waals surface area contributed by atoms with E-state index in [0.29, 0.717) is 0 Å². The second-order valence-electron chi connectivity index (χ2n) is 15.3. The van der Waals surface area contributed by atoms with Gasteiger partial charge in [0.15, 0.2) is 0 Å². The Morgan fingerprint density at radius 1 is 0.453 bits per heavy atom. The second kappa shape index (κ2) is 14.7. The first-order valence-corrected chi connectivity index (χ1v) is 20.2. The van der Waals surface area contributed by atoms with Crippen LogP contribution < -0.4 is 4.90 Å². The number of allylic oxidation sites excluding steroid dienone is 2. The molecule has 0 saturated carbocycles. The number of hydrogen-bond donors (Lipinski definition) is 0. The van der Waals surface area contributed by atoms with Crippen LogP contribution in [-0.2, 0) is 10.8 Å². The molecule has 8 rings (SSSR count). The second-order valence-corrected chi connectivity index (χ2v) is 15.3. The number of nitrogens with zero attached hydrogens (tertiary/aromatic N) is 1. The van der Waals surface area contributed by atoms with Crippen molar-refractivity contribution < 1.29 is 0 Å². The van der Waals surface area contributed by atoms with Crippen LogP contribution >= 0.6 is 0 Å². The van der Waals surface area contributed by atoms with Crippen LogP contribution in [0.5, 0.6) is 0 Å². The molecule has 0 saturated heterocycles. The van der Waals surface area contributed by atoms with Crippen molar-refractivity contribution in [2.75, 3.05) is 4.90 Å². The summed E-state index contributed by atoms with van der Waals surface area (Å²) in [5.74, 6) is 0. The summed E-state index contributed by atoms with van der Waals surface area (Å²) in [5.41, 5.74) is 15.7. The van der Waals surface area contributed by atoms with Crippen LogP contribution in [0.15, 0.2) is 140 Å². The molecule has 0 N–H and O–H groups in total. The molecule has 0 unspecified atom stereocenters. The van der Waals surface area contributed by atoms with Gasteiger partial charge in [-0.1, -0.05) is 175 Å². The third-order valence-corrected chi connectivity index (χ3v) is 12.1. The maximum absolute atomic E-state index is 2.57. The molecule has 266 valence electrons. The molecule has 0 aromatic heterocycles. The predicted molar refractivity (Wildman–Crippen MR) is 230 cm³/mol. The lowest BCUT2D eigenvalue weighted by atomic mass is 9.67. The molecule has 1 nitrogen and oxygen atoms in total. The Kier molecular flexibility index (Phi) is 9.69. The highest BCUT2D eigenvalue weighted by Crippen LogP contribution is 2.67. The van der Waals surface area contributed by atoms with Crippen LogP contribution in [0.3, 0.4) is 0 Å². The summed E-state index contributed by atoms with van der Waals surface area (Å²) < 4.78 is 0. The van der Waals surface area contributed by atoms with E-state index in [4.69, 9.17) is 0 Å². The Morgan fingerprint density at radius 3 is 1.57 bits per heavy atom.